The van der Waals surface area contributed by atoms with Crippen LogP contribution in [0.2, 0.25) is 0 Å². The topological polar surface area (TPSA) is 89.9 Å². The molecule has 0 saturated heterocycles. The Bertz CT molecular complexity index is 414. The summed E-state index contributed by atoms with van der Waals surface area (Å²) in [5.74, 6) is 1.42. The van der Waals surface area contributed by atoms with Crippen LogP contribution in [0, 0.1) is 0 Å². The fourth-order valence-corrected chi connectivity index (χ4v) is 1.15. The van der Waals surface area contributed by atoms with Crippen LogP contribution in [-0.2, 0) is 6.42 Å². The molecule has 6 nitrogen and oxygen atoms in total. The highest BCUT2D eigenvalue weighted by atomic mass is 16.5. The number of nitrogens with zero attached hydrogens (tertiary/aromatic N) is 3. The minimum atomic E-state index is 0.673. The van der Waals surface area contributed by atoms with Gasteiger partial charge < -0.3 is 15.6 Å². The molecular weight excluding hydrogens is 194 g/mol. The van der Waals surface area contributed by atoms with E-state index in [4.69, 9.17) is 5.73 Å². The molecule has 2 aromatic rings. The second kappa shape index (κ2) is 4.41. The number of hydrogen-bond donors (Lipinski definition) is 2. The molecule has 0 amide bonds. The van der Waals surface area contributed by atoms with E-state index < -0.39 is 0 Å². The van der Waals surface area contributed by atoms with E-state index in [1.54, 1.807) is 18.3 Å². The van der Waals surface area contributed by atoms with Crippen molar-refractivity contribution in [1.82, 2.24) is 15.1 Å². The maximum atomic E-state index is 5.61. The zero-order valence-corrected chi connectivity index (χ0v) is 8.05. The van der Waals surface area contributed by atoms with Gasteiger partial charge in [-0.3, -0.25) is 0 Å². The molecule has 6 heteroatoms. The Balaban J connectivity index is 1.83. The summed E-state index contributed by atoms with van der Waals surface area (Å²) in [4.78, 5) is 8.01. The summed E-state index contributed by atoms with van der Waals surface area (Å²) in [6.07, 6.45) is 3.66. The number of nitrogens with two attached hydrogens (primary N) is 1. The number of rotatable bonds is 4. The molecule has 78 valence electrons. The van der Waals surface area contributed by atoms with Crippen molar-refractivity contribution in [3.63, 3.8) is 0 Å². The lowest BCUT2D eigenvalue weighted by molar-refractivity contribution is 0.410. The smallest absolute Gasteiger partial charge is 0.213 e. The first-order valence-electron chi connectivity index (χ1n) is 4.55. The number of nitrogen functional groups attached to an aromatic ring is 1. The predicted molar refractivity (Wildman–Crippen MR) is 55.1 cm³/mol. The molecule has 0 aliphatic carbocycles. The Morgan fingerprint density at radius 3 is 3.07 bits per heavy atom. The van der Waals surface area contributed by atoms with Crippen molar-refractivity contribution in [1.29, 1.82) is 0 Å². The van der Waals surface area contributed by atoms with Crippen LogP contribution in [0.3, 0.4) is 0 Å². The number of hydrogen-bond acceptors (Lipinski definition) is 6. The van der Waals surface area contributed by atoms with Gasteiger partial charge in [-0.15, -0.1) is 0 Å². The lowest BCUT2D eigenvalue weighted by Gasteiger charge is -2.03. The Morgan fingerprint density at radius 1 is 1.40 bits per heavy atom. The van der Waals surface area contributed by atoms with Crippen LogP contribution >= 0.6 is 0 Å². The van der Waals surface area contributed by atoms with Gasteiger partial charge in [0.05, 0.1) is 0 Å². The van der Waals surface area contributed by atoms with Gasteiger partial charge in [-0.05, 0) is 6.07 Å². The Kier molecular flexibility index (Phi) is 2.77. The maximum absolute atomic E-state index is 5.61. The summed E-state index contributed by atoms with van der Waals surface area (Å²) in [6, 6.07) is 3.51. The maximum Gasteiger partial charge on any atom is 0.213 e. The van der Waals surface area contributed by atoms with Gasteiger partial charge >= 0.3 is 0 Å². The van der Waals surface area contributed by atoms with Crippen LogP contribution in [0.15, 0.2) is 29.2 Å². The van der Waals surface area contributed by atoms with Gasteiger partial charge in [0.1, 0.15) is 5.82 Å². The highest BCUT2D eigenvalue weighted by molar-refractivity contribution is 5.48. The van der Waals surface area contributed by atoms with E-state index >= 15 is 0 Å². The van der Waals surface area contributed by atoms with E-state index in [0.29, 0.717) is 24.5 Å². The summed E-state index contributed by atoms with van der Waals surface area (Å²) in [6.45, 7) is 0.690. The molecule has 3 N–H and O–H groups in total. The van der Waals surface area contributed by atoms with Gasteiger partial charge in [0.25, 0.3) is 0 Å². The second-order valence-electron chi connectivity index (χ2n) is 3.00. The first-order valence-corrected chi connectivity index (χ1v) is 4.55. The van der Waals surface area contributed by atoms with E-state index in [-0.39, 0.29) is 0 Å². The van der Waals surface area contributed by atoms with E-state index in [1.807, 2.05) is 0 Å². The van der Waals surface area contributed by atoms with Gasteiger partial charge in [-0.25, -0.2) is 4.98 Å². The molecule has 0 bridgehead atoms. The first-order chi connectivity index (χ1) is 7.34. The van der Waals surface area contributed by atoms with E-state index in [1.165, 1.54) is 6.39 Å². The van der Waals surface area contributed by atoms with Crippen LogP contribution < -0.4 is 11.1 Å². The zero-order valence-electron chi connectivity index (χ0n) is 8.05. The highest BCUT2D eigenvalue weighted by Gasteiger charge is 1.98. The standard InChI is InChI=1S/C9H11N5O/c10-7-1-3-11-9(5-7)12-4-2-8-13-6-15-14-8/h1,3,5-6H,2,4H2,(H3,10,11,12). The van der Waals surface area contributed by atoms with Gasteiger partial charge in [-0.1, -0.05) is 5.16 Å². The van der Waals surface area contributed by atoms with Gasteiger partial charge in [0.2, 0.25) is 6.39 Å². The van der Waals surface area contributed by atoms with E-state index in [9.17, 15) is 0 Å². The summed E-state index contributed by atoms with van der Waals surface area (Å²) in [5.41, 5.74) is 6.29. The molecule has 2 rings (SSSR count). The van der Waals surface area contributed by atoms with Crippen LogP contribution in [0.4, 0.5) is 11.5 Å². The second-order valence-corrected chi connectivity index (χ2v) is 3.00. The molecule has 0 spiro atoms. The summed E-state index contributed by atoms with van der Waals surface area (Å²) in [7, 11) is 0. The summed E-state index contributed by atoms with van der Waals surface area (Å²) < 4.78 is 4.61. The van der Waals surface area contributed by atoms with Crippen LogP contribution in [0.25, 0.3) is 0 Å². The Morgan fingerprint density at radius 2 is 2.33 bits per heavy atom. The first kappa shape index (κ1) is 9.45. The molecule has 2 heterocycles. The molecule has 0 aromatic carbocycles. The predicted octanol–water partition coefficient (Wildman–Crippen LogP) is 0.701. The third-order valence-electron chi connectivity index (χ3n) is 1.85. The van der Waals surface area contributed by atoms with Gasteiger partial charge in [0.15, 0.2) is 5.82 Å². The number of pyridine rings is 1. The van der Waals surface area contributed by atoms with Gasteiger partial charge in [0, 0.05) is 30.9 Å². The molecule has 0 unspecified atom stereocenters. The van der Waals surface area contributed by atoms with Crippen molar-refractivity contribution in [3.05, 3.63) is 30.5 Å². The average molecular weight is 205 g/mol. The van der Waals surface area contributed by atoms with Crippen molar-refractivity contribution >= 4 is 11.5 Å². The minimum absolute atomic E-state index is 0.673. The molecule has 0 aliphatic heterocycles. The van der Waals surface area contributed by atoms with Crippen molar-refractivity contribution in [2.24, 2.45) is 0 Å². The summed E-state index contributed by atoms with van der Waals surface area (Å²) in [5, 5.41) is 6.80. The fraction of sp³-hybridized carbons (Fsp3) is 0.222. The van der Waals surface area contributed by atoms with Crippen molar-refractivity contribution in [2.45, 2.75) is 6.42 Å². The molecular formula is C9H11N5O. The fourth-order valence-electron chi connectivity index (χ4n) is 1.15. The number of nitrogens with one attached hydrogen (secondary N) is 1. The zero-order chi connectivity index (χ0) is 10.5. The van der Waals surface area contributed by atoms with E-state index in [2.05, 4.69) is 25.0 Å². The third-order valence-corrected chi connectivity index (χ3v) is 1.85. The lowest BCUT2D eigenvalue weighted by atomic mass is 10.3. The third kappa shape index (κ3) is 2.67. The molecule has 0 saturated carbocycles. The molecule has 0 atom stereocenters. The van der Waals surface area contributed by atoms with Crippen LogP contribution in [0.5, 0.6) is 0 Å². The Labute approximate surface area is 86.5 Å². The van der Waals surface area contributed by atoms with E-state index in [0.717, 1.165) is 5.82 Å². The minimum Gasteiger partial charge on any atom is -0.399 e. The Hall–Kier alpha value is -2.11. The highest BCUT2D eigenvalue weighted by Crippen LogP contribution is 2.07. The quantitative estimate of drug-likeness (QED) is 0.763. The summed E-state index contributed by atoms with van der Waals surface area (Å²) >= 11 is 0. The molecule has 15 heavy (non-hydrogen) atoms. The van der Waals surface area contributed by atoms with Crippen LogP contribution in [-0.4, -0.2) is 21.7 Å². The van der Waals surface area contributed by atoms with Gasteiger partial charge in [-0.2, -0.15) is 4.98 Å². The normalized spacial score (nSPS) is 10.1. The monoisotopic (exact) mass is 205 g/mol. The largest absolute Gasteiger partial charge is 0.399 e. The lowest BCUT2D eigenvalue weighted by Crippen LogP contribution is -2.07. The molecule has 0 radical (unpaired) electrons. The number of aromatic nitrogens is 3. The molecule has 2 aromatic heterocycles. The van der Waals surface area contributed by atoms with Crippen LogP contribution in [0.1, 0.15) is 5.82 Å². The molecule has 0 fully saturated rings. The average Bonchev–Trinajstić information content (AvgIpc) is 2.71. The van der Waals surface area contributed by atoms with Crippen molar-refractivity contribution in [2.75, 3.05) is 17.6 Å². The van der Waals surface area contributed by atoms with Crippen molar-refractivity contribution < 1.29 is 4.52 Å². The molecule has 0 aliphatic rings. The SMILES string of the molecule is Nc1ccnc(NCCc2ncon2)c1. The number of anilines is 2. The van der Waals surface area contributed by atoms with Crippen molar-refractivity contribution in [3.8, 4) is 0 Å².